The van der Waals surface area contributed by atoms with Gasteiger partial charge in [-0.1, -0.05) is 36.5 Å². The van der Waals surface area contributed by atoms with Gasteiger partial charge >= 0.3 is 0 Å². The summed E-state index contributed by atoms with van der Waals surface area (Å²) in [6.45, 7) is 6.99. The molecule has 2 heterocycles. The Morgan fingerprint density at radius 3 is 2.50 bits per heavy atom. The summed E-state index contributed by atoms with van der Waals surface area (Å²) in [5.74, 6) is 0.323. The summed E-state index contributed by atoms with van der Waals surface area (Å²) in [5, 5.41) is 4.03. The minimum absolute atomic E-state index is 0.108. The summed E-state index contributed by atoms with van der Waals surface area (Å²) in [4.78, 5) is 22.5. The van der Waals surface area contributed by atoms with E-state index in [1.54, 1.807) is 41.7 Å². The number of fused-ring (bicyclic) bond motifs is 1. The van der Waals surface area contributed by atoms with Crippen LogP contribution in [0.3, 0.4) is 0 Å². The predicted molar refractivity (Wildman–Crippen MR) is 160 cm³/mol. The third-order valence-electron chi connectivity index (χ3n) is 6.98. The van der Waals surface area contributed by atoms with Crippen LogP contribution in [0, 0.1) is 0 Å². The molecular formula is C29H33N5O4S2. The lowest BCUT2D eigenvalue weighted by Gasteiger charge is -2.34. The normalized spacial score (nSPS) is 14.3. The van der Waals surface area contributed by atoms with Crippen LogP contribution in [0.1, 0.15) is 22.8 Å². The average Bonchev–Trinajstić information content (AvgIpc) is 3.42. The van der Waals surface area contributed by atoms with Gasteiger partial charge in [-0.15, -0.1) is 0 Å². The number of hydrogen-bond donors (Lipinski definition) is 2. The fourth-order valence-corrected chi connectivity index (χ4v) is 6.81. The summed E-state index contributed by atoms with van der Waals surface area (Å²) in [6, 6.07) is 19.0. The third kappa shape index (κ3) is 6.38. The Morgan fingerprint density at radius 1 is 1.02 bits per heavy atom. The molecule has 0 unspecified atom stereocenters. The number of carbonyl (C=O) groups is 1. The molecule has 5 rings (SSSR count). The maximum Gasteiger partial charge on any atom is 0.261 e. The average molecular weight is 580 g/mol. The number of rotatable bonds is 10. The number of thiazole rings is 1. The Balaban J connectivity index is 1.10. The van der Waals surface area contributed by atoms with Crippen molar-refractivity contribution in [1.82, 2.24) is 15.2 Å². The number of amides is 1. The van der Waals surface area contributed by atoms with E-state index in [0.29, 0.717) is 23.5 Å². The zero-order valence-corrected chi connectivity index (χ0v) is 24.2. The van der Waals surface area contributed by atoms with Crippen molar-refractivity contribution < 1.29 is 17.9 Å². The zero-order valence-electron chi connectivity index (χ0n) is 22.6. The first-order valence-corrected chi connectivity index (χ1v) is 15.6. The number of sulfonamides is 1. The monoisotopic (exact) mass is 579 g/mol. The van der Waals surface area contributed by atoms with Gasteiger partial charge in [-0.25, -0.2) is 13.4 Å². The van der Waals surface area contributed by atoms with E-state index in [4.69, 9.17) is 9.72 Å². The fraction of sp³-hybridized carbons (Fsp3) is 0.310. The van der Waals surface area contributed by atoms with Crippen molar-refractivity contribution in [2.75, 3.05) is 56.0 Å². The van der Waals surface area contributed by atoms with Gasteiger partial charge in [0.1, 0.15) is 5.75 Å². The van der Waals surface area contributed by atoms with Crippen molar-refractivity contribution in [3.63, 3.8) is 0 Å². The van der Waals surface area contributed by atoms with Crippen LogP contribution < -0.4 is 19.7 Å². The van der Waals surface area contributed by atoms with Crippen LogP contribution in [0.15, 0.2) is 71.6 Å². The first-order valence-electron chi connectivity index (χ1n) is 13.3. The number of nitrogens with zero attached hydrogens (tertiary/aromatic N) is 3. The van der Waals surface area contributed by atoms with Gasteiger partial charge in [0, 0.05) is 50.5 Å². The van der Waals surface area contributed by atoms with Crippen molar-refractivity contribution in [1.29, 1.82) is 0 Å². The number of aryl methyl sites for hydroxylation is 1. The maximum atomic E-state index is 12.8. The Kier molecular flexibility index (Phi) is 8.53. The number of anilines is 2. The standard InChI is InChI=1S/C29H33N5O4S2/c1-3-21-6-5-9-26-27(21)31-29(39-26)34-18-16-33(17-19-34)15-14-30-28(35)22-7-4-8-23(20-22)32-40(36,37)25-12-10-24(38-2)11-13-25/h4-13,20,32H,3,14-19H2,1-2H3,(H,30,35). The number of piperazine rings is 1. The SMILES string of the molecule is CCc1cccc2sc(N3CCN(CCNC(=O)c4cccc(NS(=O)(=O)c5ccc(OC)cc5)c4)CC3)nc12. The number of benzene rings is 3. The predicted octanol–water partition coefficient (Wildman–Crippen LogP) is 4.22. The van der Waals surface area contributed by atoms with Crippen LogP contribution in [0.5, 0.6) is 5.75 Å². The molecule has 0 aliphatic carbocycles. The lowest BCUT2D eigenvalue weighted by molar-refractivity contribution is 0.0948. The summed E-state index contributed by atoms with van der Waals surface area (Å²) >= 11 is 1.75. The van der Waals surface area contributed by atoms with Crippen molar-refractivity contribution in [3.8, 4) is 5.75 Å². The van der Waals surface area contributed by atoms with Crippen LogP contribution in [0.2, 0.25) is 0 Å². The van der Waals surface area contributed by atoms with Crippen molar-refractivity contribution in [3.05, 3.63) is 77.9 Å². The molecule has 11 heteroatoms. The van der Waals surface area contributed by atoms with Gasteiger partial charge in [-0.05, 0) is 60.5 Å². The Hall–Kier alpha value is -3.67. The van der Waals surface area contributed by atoms with E-state index < -0.39 is 10.0 Å². The molecule has 1 saturated heterocycles. The summed E-state index contributed by atoms with van der Waals surface area (Å²) in [7, 11) is -2.28. The smallest absolute Gasteiger partial charge is 0.261 e. The first-order chi connectivity index (χ1) is 19.4. The largest absolute Gasteiger partial charge is 0.497 e. The third-order valence-corrected chi connectivity index (χ3v) is 9.45. The second-order valence-corrected chi connectivity index (χ2v) is 12.3. The molecule has 40 heavy (non-hydrogen) atoms. The van der Waals surface area contributed by atoms with Gasteiger partial charge < -0.3 is 15.0 Å². The molecule has 4 aromatic rings. The molecule has 9 nitrogen and oxygen atoms in total. The van der Waals surface area contributed by atoms with Gasteiger partial charge in [0.25, 0.3) is 15.9 Å². The van der Waals surface area contributed by atoms with E-state index in [0.717, 1.165) is 49.8 Å². The number of aromatic nitrogens is 1. The molecule has 1 amide bonds. The topological polar surface area (TPSA) is 104 Å². The molecule has 210 valence electrons. The highest BCUT2D eigenvalue weighted by molar-refractivity contribution is 7.92. The van der Waals surface area contributed by atoms with E-state index in [2.05, 4.69) is 45.0 Å². The molecule has 2 N–H and O–H groups in total. The Labute approximate surface area is 238 Å². The highest BCUT2D eigenvalue weighted by Crippen LogP contribution is 2.31. The number of carbonyl (C=O) groups excluding carboxylic acids is 1. The zero-order chi connectivity index (χ0) is 28.1. The van der Waals surface area contributed by atoms with Crippen LogP contribution in [0.4, 0.5) is 10.8 Å². The lowest BCUT2D eigenvalue weighted by Crippen LogP contribution is -2.48. The van der Waals surface area contributed by atoms with Gasteiger partial charge in [-0.2, -0.15) is 0 Å². The van der Waals surface area contributed by atoms with E-state index in [1.165, 1.54) is 35.6 Å². The highest BCUT2D eigenvalue weighted by atomic mass is 32.2. The van der Waals surface area contributed by atoms with E-state index in [1.807, 2.05) is 0 Å². The van der Waals surface area contributed by atoms with E-state index in [-0.39, 0.29) is 10.8 Å². The molecule has 0 spiro atoms. The van der Waals surface area contributed by atoms with Gasteiger partial charge in [0.15, 0.2) is 5.13 Å². The van der Waals surface area contributed by atoms with Gasteiger partial charge in [0.2, 0.25) is 0 Å². The molecule has 0 radical (unpaired) electrons. The molecule has 1 aliphatic heterocycles. The molecule has 0 bridgehead atoms. The van der Waals surface area contributed by atoms with E-state index >= 15 is 0 Å². The van der Waals surface area contributed by atoms with Crippen LogP contribution in [0.25, 0.3) is 10.2 Å². The minimum atomic E-state index is -3.80. The summed E-state index contributed by atoms with van der Waals surface area (Å²) < 4.78 is 34.4. The number of nitrogens with one attached hydrogen (secondary N) is 2. The maximum absolute atomic E-state index is 12.8. The minimum Gasteiger partial charge on any atom is -0.497 e. The number of methoxy groups -OCH3 is 1. The van der Waals surface area contributed by atoms with Crippen molar-refractivity contribution >= 4 is 48.3 Å². The molecule has 1 fully saturated rings. The first kappa shape index (κ1) is 27.9. The van der Waals surface area contributed by atoms with Crippen LogP contribution in [-0.4, -0.2) is 70.6 Å². The lowest BCUT2D eigenvalue weighted by atomic mass is 10.1. The number of hydrogen-bond acceptors (Lipinski definition) is 8. The summed E-state index contributed by atoms with van der Waals surface area (Å²) in [5.41, 5.74) is 3.12. The second-order valence-electron chi connectivity index (χ2n) is 9.56. The molecule has 1 aromatic heterocycles. The molecule has 3 aromatic carbocycles. The molecule has 1 aliphatic rings. The van der Waals surface area contributed by atoms with E-state index in [9.17, 15) is 13.2 Å². The second kappa shape index (κ2) is 12.2. The highest BCUT2D eigenvalue weighted by Gasteiger charge is 2.21. The van der Waals surface area contributed by atoms with Gasteiger partial charge in [0.05, 0.1) is 22.2 Å². The molecule has 0 atom stereocenters. The van der Waals surface area contributed by atoms with Crippen molar-refractivity contribution in [2.24, 2.45) is 0 Å². The van der Waals surface area contributed by atoms with Crippen molar-refractivity contribution in [2.45, 2.75) is 18.2 Å². The summed E-state index contributed by atoms with van der Waals surface area (Å²) in [6.07, 6.45) is 0.976. The fourth-order valence-electron chi connectivity index (χ4n) is 4.70. The molecule has 0 saturated carbocycles. The van der Waals surface area contributed by atoms with Crippen LogP contribution in [-0.2, 0) is 16.4 Å². The van der Waals surface area contributed by atoms with Crippen LogP contribution >= 0.6 is 11.3 Å². The Bertz CT molecular complexity index is 1580. The van der Waals surface area contributed by atoms with Gasteiger partial charge in [-0.3, -0.25) is 14.4 Å². The number of ether oxygens (including phenoxy) is 1. The number of para-hydroxylation sites is 1. The Morgan fingerprint density at radius 2 is 1.77 bits per heavy atom. The quantitative estimate of drug-likeness (QED) is 0.290. The molecular weight excluding hydrogens is 546 g/mol.